The van der Waals surface area contributed by atoms with Crippen LogP contribution in [0.25, 0.3) is 0 Å². The fourth-order valence-electron chi connectivity index (χ4n) is 1.24. The van der Waals surface area contributed by atoms with Crippen molar-refractivity contribution in [1.82, 2.24) is 9.55 Å². The van der Waals surface area contributed by atoms with E-state index in [-0.39, 0.29) is 12.3 Å². The number of nitriles is 1. The van der Waals surface area contributed by atoms with E-state index in [4.69, 9.17) is 16.9 Å². The van der Waals surface area contributed by atoms with Gasteiger partial charge < -0.3 is 4.57 Å². The molecule has 0 saturated heterocycles. The van der Waals surface area contributed by atoms with Gasteiger partial charge in [0.2, 0.25) is 0 Å². The summed E-state index contributed by atoms with van der Waals surface area (Å²) < 4.78 is 2.09. The van der Waals surface area contributed by atoms with Crippen molar-refractivity contribution in [2.24, 2.45) is 0 Å². The number of carbonyl (C=O) groups is 1. The molecule has 0 spiro atoms. The first-order valence-corrected chi connectivity index (χ1v) is 5.59. The van der Waals surface area contributed by atoms with Crippen molar-refractivity contribution in [1.29, 1.82) is 5.26 Å². The number of nitrogens with zero attached hydrogens (tertiary/aromatic N) is 3. The molecule has 2 rings (SSSR count). The zero-order chi connectivity index (χ0) is 11.5. The maximum absolute atomic E-state index is 11.8. The molecule has 4 nitrogen and oxygen atoms in total. The quantitative estimate of drug-likeness (QED) is 0.787. The molecule has 0 bridgehead atoms. The van der Waals surface area contributed by atoms with Gasteiger partial charge in [-0.05, 0) is 12.1 Å². The van der Waals surface area contributed by atoms with Gasteiger partial charge in [0.05, 0.1) is 28.3 Å². The number of imidazole rings is 1. The molecule has 16 heavy (non-hydrogen) atoms. The third-order valence-corrected chi connectivity index (χ3v) is 3.26. The highest BCUT2D eigenvalue weighted by Crippen LogP contribution is 2.22. The lowest BCUT2D eigenvalue weighted by molar-refractivity contribution is 0.0975. The van der Waals surface area contributed by atoms with Gasteiger partial charge in [0.25, 0.3) is 0 Å². The van der Waals surface area contributed by atoms with Crippen LogP contribution in [0.1, 0.15) is 15.4 Å². The van der Waals surface area contributed by atoms with Crippen LogP contribution in [0.15, 0.2) is 24.7 Å². The Balaban J connectivity index is 2.17. The molecular weight excluding hydrogens is 246 g/mol. The Labute approximate surface area is 101 Å². The molecule has 0 aliphatic heterocycles. The molecule has 2 aromatic heterocycles. The lowest BCUT2D eigenvalue weighted by Gasteiger charge is -2.00. The smallest absolute Gasteiger partial charge is 0.192 e. The molecular formula is C10H6ClN3OS. The second kappa shape index (κ2) is 4.47. The van der Waals surface area contributed by atoms with Gasteiger partial charge in [0.1, 0.15) is 11.8 Å². The van der Waals surface area contributed by atoms with E-state index in [1.165, 1.54) is 28.4 Å². The zero-order valence-electron chi connectivity index (χ0n) is 8.05. The molecule has 0 atom stereocenters. The molecule has 80 valence electrons. The molecule has 0 unspecified atom stereocenters. The summed E-state index contributed by atoms with van der Waals surface area (Å²) in [6, 6.07) is 5.32. The van der Waals surface area contributed by atoms with Gasteiger partial charge in [-0.3, -0.25) is 4.79 Å². The van der Waals surface area contributed by atoms with E-state index in [0.29, 0.717) is 14.9 Å². The highest BCUT2D eigenvalue weighted by atomic mass is 35.5. The summed E-state index contributed by atoms with van der Waals surface area (Å²) in [5.74, 6) is -0.0774. The monoisotopic (exact) mass is 251 g/mol. The van der Waals surface area contributed by atoms with Crippen molar-refractivity contribution in [3.8, 4) is 6.07 Å². The van der Waals surface area contributed by atoms with Crippen molar-refractivity contribution in [3.05, 3.63) is 39.6 Å². The van der Waals surface area contributed by atoms with E-state index >= 15 is 0 Å². The van der Waals surface area contributed by atoms with Crippen LogP contribution >= 0.6 is 22.9 Å². The zero-order valence-corrected chi connectivity index (χ0v) is 9.63. The first-order chi connectivity index (χ1) is 7.70. The third-order valence-electron chi connectivity index (χ3n) is 1.99. The van der Waals surface area contributed by atoms with E-state index in [1.807, 2.05) is 6.07 Å². The molecule has 2 heterocycles. The minimum absolute atomic E-state index is 0.0774. The number of thiophene rings is 1. The molecule has 0 aliphatic carbocycles. The lowest BCUT2D eigenvalue weighted by Crippen LogP contribution is -2.09. The summed E-state index contributed by atoms with van der Waals surface area (Å²) in [5, 5.41) is 8.75. The van der Waals surface area contributed by atoms with E-state index in [2.05, 4.69) is 4.98 Å². The Bertz CT molecular complexity index is 567. The van der Waals surface area contributed by atoms with Crippen LogP contribution in [0.2, 0.25) is 4.34 Å². The third kappa shape index (κ3) is 2.13. The Morgan fingerprint density at radius 2 is 2.44 bits per heavy atom. The van der Waals surface area contributed by atoms with Gasteiger partial charge in [-0.1, -0.05) is 11.6 Å². The minimum Gasteiger partial charge on any atom is -0.314 e. The van der Waals surface area contributed by atoms with E-state index in [1.54, 1.807) is 12.1 Å². The number of carbonyl (C=O) groups excluding carboxylic acids is 1. The summed E-state index contributed by atoms with van der Waals surface area (Å²) in [6.45, 7) is 0.111. The second-order valence-electron chi connectivity index (χ2n) is 3.05. The summed E-state index contributed by atoms with van der Waals surface area (Å²) in [5.41, 5.74) is 0.371. The average Bonchev–Trinajstić information content (AvgIpc) is 2.86. The van der Waals surface area contributed by atoms with E-state index in [0.717, 1.165) is 0 Å². The number of hydrogen-bond donors (Lipinski definition) is 0. The fraction of sp³-hybridized carbons (Fsp3) is 0.100. The maximum Gasteiger partial charge on any atom is 0.192 e. The van der Waals surface area contributed by atoms with Crippen molar-refractivity contribution < 1.29 is 4.79 Å². The summed E-state index contributed by atoms with van der Waals surface area (Å²) in [6.07, 6.45) is 2.89. The molecule has 0 aliphatic rings. The van der Waals surface area contributed by atoms with Crippen LogP contribution in [-0.2, 0) is 6.54 Å². The highest BCUT2D eigenvalue weighted by molar-refractivity contribution is 7.18. The topological polar surface area (TPSA) is 58.7 Å². The summed E-state index contributed by atoms with van der Waals surface area (Å²) >= 11 is 6.97. The van der Waals surface area contributed by atoms with Crippen LogP contribution in [0.4, 0.5) is 0 Å². The Morgan fingerprint density at radius 3 is 3.06 bits per heavy atom. The second-order valence-corrected chi connectivity index (χ2v) is 4.76. The predicted octanol–water partition coefficient (Wildman–Crippen LogP) is 2.35. The number of halogens is 1. The van der Waals surface area contributed by atoms with E-state index < -0.39 is 0 Å². The number of aromatic nitrogens is 2. The van der Waals surface area contributed by atoms with Crippen LogP contribution in [0.5, 0.6) is 0 Å². The Hall–Kier alpha value is -1.64. The minimum atomic E-state index is -0.0774. The fourth-order valence-corrected chi connectivity index (χ4v) is 2.21. The molecule has 6 heteroatoms. The van der Waals surface area contributed by atoms with Crippen LogP contribution < -0.4 is 0 Å². The first-order valence-electron chi connectivity index (χ1n) is 4.39. The molecule has 0 aromatic carbocycles. The SMILES string of the molecule is N#Cc1cncn1CC(=O)c1ccc(Cl)s1. The summed E-state index contributed by atoms with van der Waals surface area (Å²) in [4.78, 5) is 16.2. The maximum atomic E-state index is 11.8. The van der Waals surface area contributed by atoms with Gasteiger partial charge in [0.15, 0.2) is 5.78 Å². The lowest BCUT2D eigenvalue weighted by atomic mass is 10.3. The number of Topliss-reactive ketones (excluding diaryl/α,β-unsaturated/α-hetero) is 1. The molecule has 0 amide bonds. The Morgan fingerprint density at radius 1 is 1.62 bits per heavy atom. The number of ketones is 1. The average molecular weight is 252 g/mol. The number of hydrogen-bond acceptors (Lipinski definition) is 4. The van der Waals surface area contributed by atoms with Crippen LogP contribution in [0, 0.1) is 11.3 Å². The van der Waals surface area contributed by atoms with Gasteiger partial charge in [-0.2, -0.15) is 5.26 Å². The Kier molecular flexibility index (Phi) is 3.04. The van der Waals surface area contributed by atoms with Crippen molar-refractivity contribution in [2.45, 2.75) is 6.54 Å². The van der Waals surface area contributed by atoms with Gasteiger partial charge in [-0.15, -0.1) is 11.3 Å². The molecule has 0 N–H and O–H groups in total. The molecule has 0 fully saturated rings. The first kappa shape index (κ1) is 10.9. The summed E-state index contributed by atoms with van der Waals surface area (Å²) in [7, 11) is 0. The standard InChI is InChI=1S/C10H6ClN3OS/c11-10-2-1-9(16-10)8(15)5-14-6-13-4-7(14)3-12/h1-2,4,6H,5H2. The predicted molar refractivity (Wildman–Crippen MR) is 60.6 cm³/mol. The molecule has 0 saturated carbocycles. The van der Waals surface area contributed by atoms with Crippen molar-refractivity contribution in [3.63, 3.8) is 0 Å². The normalized spacial score (nSPS) is 10.0. The van der Waals surface area contributed by atoms with Crippen LogP contribution in [-0.4, -0.2) is 15.3 Å². The van der Waals surface area contributed by atoms with Gasteiger partial charge >= 0.3 is 0 Å². The highest BCUT2D eigenvalue weighted by Gasteiger charge is 2.11. The largest absolute Gasteiger partial charge is 0.314 e. The molecule has 0 radical (unpaired) electrons. The van der Waals surface area contributed by atoms with Gasteiger partial charge in [0, 0.05) is 0 Å². The van der Waals surface area contributed by atoms with Crippen LogP contribution in [0.3, 0.4) is 0 Å². The van der Waals surface area contributed by atoms with E-state index in [9.17, 15) is 4.79 Å². The van der Waals surface area contributed by atoms with Gasteiger partial charge in [-0.25, -0.2) is 4.98 Å². The van der Waals surface area contributed by atoms with Crippen molar-refractivity contribution in [2.75, 3.05) is 0 Å². The molecule has 2 aromatic rings. The number of rotatable bonds is 3. The van der Waals surface area contributed by atoms with Crippen molar-refractivity contribution >= 4 is 28.7 Å².